The van der Waals surface area contributed by atoms with E-state index in [0.717, 1.165) is 33.5 Å². The fraction of sp³-hybridized carbons (Fsp3) is 0.178. The summed E-state index contributed by atoms with van der Waals surface area (Å²) in [5, 5.41) is 11.4. The van der Waals surface area contributed by atoms with E-state index in [4.69, 9.17) is 0 Å². The zero-order valence-corrected chi connectivity index (χ0v) is 28.8. The van der Waals surface area contributed by atoms with Gasteiger partial charge < -0.3 is 4.90 Å². The first-order chi connectivity index (χ1) is 24.1. The smallest absolute Gasteiger partial charge is 0.269 e. The zero-order valence-electron chi connectivity index (χ0n) is 28.8. The summed E-state index contributed by atoms with van der Waals surface area (Å²) in [6.07, 6.45) is 0.660. The Morgan fingerprint density at radius 2 is 1.16 bits per heavy atom. The van der Waals surface area contributed by atoms with Crippen LogP contribution in [0.1, 0.15) is 76.5 Å². The number of carbonyl (C=O) groups is 1. The van der Waals surface area contributed by atoms with Gasteiger partial charge in [-0.05, 0) is 78.8 Å². The number of benzene rings is 6. The van der Waals surface area contributed by atoms with Gasteiger partial charge in [0.15, 0.2) is 0 Å². The Labute approximate surface area is 294 Å². The third kappa shape index (κ3) is 5.39. The lowest BCUT2D eigenvalue weighted by atomic mass is 9.61. The van der Waals surface area contributed by atoms with Gasteiger partial charge in [0.2, 0.25) is 0 Å². The van der Waals surface area contributed by atoms with Crippen LogP contribution in [0, 0.1) is 17.0 Å². The van der Waals surface area contributed by atoms with Gasteiger partial charge in [0.05, 0.1) is 10.3 Å². The number of non-ortho nitro benzene ring substituents is 1. The van der Waals surface area contributed by atoms with Gasteiger partial charge in [-0.2, -0.15) is 0 Å². The summed E-state index contributed by atoms with van der Waals surface area (Å²) in [6.45, 7) is 8.62. The van der Waals surface area contributed by atoms with Crippen LogP contribution < -0.4 is 4.90 Å². The second-order valence-electron chi connectivity index (χ2n) is 14.2. The van der Waals surface area contributed by atoms with E-state index in [2.05, 4.69) is 161 Å². The summed E-state index contributed by atoms with van der Waals surface area (Å²) < 4.78 is 0. The second-order valence-corrected chi connectivity index (χ2v) is 14.2. The van der Waals surface area contributed by atoms with Crippen LogP contribution in [-0.2, 0) is 10.8 Å². The molecule has 248 valence electrons. The zero-order chi connectivity index (χ0) is 35.1. The molecule has 6 aromatic carbocycles. The lowest BCUT2D eigenvalue weighted by Gasteiger charge is -2.52. The summed E-state index contributed by atoms with van der Waals surface area (Å²) >= 11 is 0. The monoisotopic (exact) mass is 656 g/mol. The SMILES string of the molecule is Cc1ccc([C@@]2(C)CC(C)(C)N(C(=O)c3ccc([N+](=O)[O-])cc3)c3ccc(C(c4ccccc4)(c4ccccc4)c4ccccc4)cc32)cc1. The second kappa shape index (κ2) is 12.6. The van der Waals surface area contributed by atoms with Crippen molar-refractivity contribution in [3.63, 3.8) is 0 Å². The Bertz CT molecular complexity index is 2060. The van der Waals surface area contributed by atoms with Gasteiger partial charge in [-0.25, -0.2) is 0 Å². The molecule has 0 saturated heterocycles. The Hall–Kier alpha value is -5.81. The third-order valence-electron chi connectivity index (χ3n) is 10.5. The Morgan fingerprint density at radius 1 is 0.660 bits per heavy atom. The largest absolute Gasteiger partial charge is 0.302 e. The molecule has 0 saturated carbocycles. The highest BCUT2D eigenvalue weighted by Crippen LogP contribution is 2.54. The van der Waals surface area contributed by atoms with Crippen molar-refractivity contribution in [1.29, 1.82) is 0 Å². The summed E-state index contributed by atoms with van der Waals surface area (Å²) in [7, 11) is 0. The lowest BCUT2D eigenvalue weighted by Crippen LogP contribution is -2.56. The average molecular weight is 657 g/mol. The standard InChI is InChI=1S/C45H40N2O3/c1-32-20-24-34(25-21-32)44(4)31-43(2,3)46(42(48)33-22-27-39(28-23-33)47(49)50)41-29-26-38(30-40(41)44)45(35-14-8-5-9-15-35,36-16-10-6-11-17-36)37-18-12-7-13-19-37/h5-30H,31H2,1-4H3/t44-/m1/s1. The number of amides is 1. The molecule has 5 nitrogen and oxygen atoms in total. The van der Waals surface area contributed by atoms with E-state index in [1.54, 1.807) is 12.1 Å². The molecule has 6 aromatic rings. The summed E-state index contributed by atoms with van der Waals surface area (Å²) in [4.78, 5) is 27.4. The molecular weight excluding hydrogens is 617 g/mol. The molecule has 0 spiro atoms. The number of rotatable bonds is 7. The number of hydrogen-bond acceptors (Lipinski definition) is 3. The van der Waals surface area contributed by atoms with Crippen molar-refractivity contribution in [2.75, 3.05) is 4.90 Å². The first kappa shape index (κ1) is 32.7. The van der Waals surface area contributed by atoms with Gasteiger partial charge in [0, 0.05) is 34.3 Å². The van der Waals surface area contributed by atoms with E-state index in [0.29, 0.717) is 12.0 Å². The quantitative estimate of drug-likeness (QED) is 0.0976. The van der Waals surface area contributed by atoms with Gasteiger partial charge >= 0.3 is 0 Å². The van der Waals surface area contributed by atoms with Crippen LogP contribution in [0.4, 0.5) is 11.4 Å². The first-order valence-electron chi connectivity index (χ1n) is 17.0. The van der Waals surface area contributed by atoms with Crippen molar-refractivity contribution in [3.05, 3.63) is 212 Å². The van der Waals surface area contributed by atoms with E-state index >= 15 is 0 Å². The molecule has 0 aromatic heterocycles. The molecule has 1 heterocycles. The first-order valence-corrected chi connectivity index (χ1v) is 17.0. The van der Waals surface area contributed by atoms with Crippen molar-refractivity contribution in [3.8, 4) is 0 Å². The van der Waals surface area contributed by atoms with Gasteiger partial charge in [-0.3, -0.25) is 14.9 Å². The van der Waals surface area contributed by atoms with Crippen LogP contribution in [0.25, 0.3) is 0 Å². The number of fused-ring (bicyclic) bond motifs is 1. The number of nitro benzene ring substituents is 1. The number of aryl methyl sites for hydroxylation is 1. The van der Waals surface area contributed by atoms with E-state index in [1.165, 1.54) is 23.3 Å². The number of carbonyl (C=O) groups excluding carboxylic acids is 1. The molecule has 0 N–H and O–H groups in total. The predicted octanol–water partition coefficient (Wildman–Crippen LogP) is 10.4. The van der Waals surface area contributed by atoms with Crippen molar-refractivity contribution < 1.29 is 9.72 Å². The van der Waals surface area contributed by atoms with E-state index < -0.39 is 21.3 Å². The Kier molecular flexibility index (Phi) is 8.23. The van der Waals surface area contributed by atoms with Crippen molar-refractivity contribution in [2.45, 2.75) is 50.5 Å². The third-order valence-corrected chi connectivity index (χ3v) is 10.5. The molecule has 0 bridgehead atoms. The van der Waals surface area contributed by atoms with Crippen LogP contribution in [0.2, 0.25) is 0 Å². The fourth-order valence-corrected chi connectivity index (χ4v) is 8.25. The molecule has 0 fully saturated rings. The molecule has 1 atom stereocenters. The topological polar surface area (TPSA) is 63.5 Å². The lowest BCUT2D eigenvalue weighted by molar-refractivity contribution is -0.384. The van der Waals surface area contributed by atoms with Crippen LogP contribution in [0.5, 0.6) is 0 Å². The molecule has 5 heteroatoms. The van der Waals surface area contributed by atoms with E-state index in [1.807, 2.05) is 4.90 Å². The van der Waals surface area contributed by atoms with Crippen LogP contribution in [-0.4, -0.2) is 16.4 Å². The van der Waals surface area contributed by atoms with Gasteiger partial charge in [0.25, 0.3) is 11.6 Å². The highest BCUT2D eigenvalue weighted by Gasteiger charge is 2.49. The normalized spacial score (nSPS) is 16.8. The minimum Gasteiger partial charge on any atom is -0.302 e. The molecule has 1 amide bonds. The van der Waals surface area contributed by atoms with Crippen LogP contribution in [0.3, 0.4) is 0 Å². The number of nitro groups is 1. The van der Waals surface area contributed by atoms with Crippen LogP contribution >= 0.6 is 0 Å². The maximum atomic E-state index is 14.6. The molecule has 50 heavy (non-hydrogen) atoms. The van der Waals surface area contributed by atoms with Crippen molar-refractivity contribution in [1.82, 2.24) is 0 Å². The van der Waals surface area contributed by atoms with Gasteiger partial charge in [0.1, 0.15) is 0 Å². The molecular formula is C45H40N2O3. The van der Waals surface area contributed by atoms with Crippen molar-refractivity contribution >= 4 is 17.3 Å². The average Bonchev–Trinajstić information content (AvgIpc) is 3.13. The number of hydrogen-bond donors (Lipinski definition) is 0. The van der Waals surface area contributed by atoms with Crippen molar-refractivity contribution in [2.24, 2.45) is 0 Å². The fourth-order valence-electron chi connectivity index (χ4n) is 8.25. The maximum Gasteiger partial charge on any atom is 0.269 e. The van der Waals surface area contributed by atoms with Gasteiger partial charge in [-0.1, -0.05) is 140 Å². The molecule has 0 unspecified atom stereocenters. The van der Waals surface area contributed by atoms with E-state index in [9.17, 15) is 14.9 Å². The molecule has 1 aliphatic heterocycles. The minimum absolute atomic E-state index is 0.0458. The highest BCUT2D eigenvalue weighted by atomic mass is 16.6. The van der Waals surface area contributed by atoms with Gasteiger partial charge in [-0.15, -0.1) is 0 Å². The summed E-state index contributed by atoms with van der Waals surface area (Å²) in [6, 6.07) is 53.2. The Morgan fingerprint density at radius 3 is 1.64 bits per heavy atom. The Balaban J connectivity index is 1.53. The number of anilines is 1. The molecule has 0 aliphatic carbocycles. The van der Waals surface area contributed by atoms with Crippen LogP contribution in [0.15, 0.2) is 158 Å². The summed E-state index contributed by atoms with van der Waals surface area (Å²) in [5.74, 6) is -0.190. The molecule has 0 radical (unpaired) electrons. The van der Waals surface area contributed by atoms with E-state index in [-0.39, 0.29) is 11.6 Å². The minimum atomic E-state index is -0.660. The summed E-state index contributed by atoms with van der Waals surface area (Å²) in [5.41, 5.74) is 7.44. The predicted molar refractivity (Wildman–Crippen MR) is 201 cm³/mol. The highest BCUT2D eigenvalue weighted by molar-refractivity contribution is 6.08. The number of nitrogens with zero attached hydrogens (tertiary/aromatic N) is 2. The molecule has 1 aliphatic rings. The maximum absolute atomic E-state index is 14.6. The molecule has 7 rings (SSSR count).